The maximum atomic E-state index is 11.8. The lowest BCUT2D eigenvalue weighted by Crippen LogP contribution is -2.11. The Morgan fingerprint density at radius 2 is 2.21 bits per heavy atom. The van der Waals surface area contributed by atoms with Gasteiger partial charge in [-0.3, -0.25) is 4.57 Å². The summed E-state index contributed by atoms with van der Waals surface area (Å²) in [5.74, 6) is 0.481. The summed E-state index contributed by atoms with van der Waals surface area (Å²) >= 11 is 3.31. The van der Waals surface area contributed by atoms with E-state index in [9.17, 15) is 9.90 Å². The van der Waals surface area contributed by atoms with E-state index in [0.717, 1.165) is 4.47 Å². The van der Waals surface area contributed by atoms with Gasteiger partial charge in [-0.1, -0.05) is 15.9 Å². The molecule has 0 aliphatic carbocycles. The first-order valence-electron chi connectivity index (χ1n) is 5.48. The molecule has 0 fully saturated rings. The van der Waals surface area contributed by atoms with E-state index in [2.05, 4.69) is 26.1 Å². The van der Waals surface area contributed by atoms with Crippen molar-refractivity contribution in [2.24, 2.45) is 0 Å². The molecule has 0 saturated carbocycles. The molecule has 19 heavy (non-hydrogen) atoms. The Labute approximate surface area is 118 Å². The molecule has 2 rings (SSSR count). The fourth-order valence-corrected chi connectivity index (χ4v) is 2.16. The van der Waals surface area contributed by atoms with Gasteiger partial charge in [-0.2, -0.15) is 0 Å². The van der Waals surface area contributed by atoms with Crippen molar-refractivity contribution in [3.8, 4) is 5.69 Å². The van der Waals surface area contributed by atoms with E-state index in [1.54, 1.807) is 29.7 Å². The Morgan fingerprint density at radius 3 is 2.84 bits per heavy atom. The molecule has 1 heterocycles. The van der Waals surface area contributed by atoms with E-state index in [4.69, 9.17) is 4.74 Å². The maximum Gasteiger partial charge on any atom is 0.340 e. The Morgan fingerprint density at radius 1 is 1.47 bits per heavy atom. The molecule has 0 aliphatic rings. The van der Waals surface area contributed by atoms with E-state index < -0.39 is 5.97 Å². The lowest BCUT2D eigenvalue weighted by molar-refractivity contribution is 0.0600. The van der Waals surface area contributed by atoms with Crippen molar-refractivity contribution >= 4 is 21.9 Å². The van der Waals surface area contributed by atoms with Crippen molar-refractivity contribution in [3.05, 3.63) is 39.9 Å². The van der Waals surface area contributed by atoms with Crippen LogP contribution in [0.2, 0.25) is 0 Å². The molecule has 1 aromatic carbocycles. The standard InChI is InChI=1S/C12H12BrN3O3/c1-7-14-15-11(6-17)16(7)10-4-3-8(13)5-9(10)12(18)19-2/h3-5,17H,6H2,1-2H3. The normalized spacial score (nSPS) is 10.5. The molecule has 0 aliphatic heterocycles. The number of hydrogen-bond acceptors (Lipinski definition) is 5. The highest BCUT2D eigenvalue weighted by molar-refractivity contribution is 9.10. The van der Waals surface area contributed by atoms with Crippen LogP contribution in [0.25, 0.3) is 5.69 Å². The molecule has 0 unspecified atom stereocenters. The zero-order valence-corrected chi connectivity index (χ0v) is 12.0. The predicted octanol–water partition coefficient (Wildman–Crippen LogP) is 1.62. The van der Waals surface area contributed by atoms with Crippen LogP contribution in [0.15, 0.2) is 22.7 Å². The lowest BCUT2D eigenvalue weighted by atomic mass is 10.1. The van der Waals surface area contributed by atoms with Crippen LogP contribution in [0.1, 0.15) is 22.0 Å². The van der Waals surface area contributed by atoms with Crippen molar-refractivity contribution in [2.45, 2.75) is 13.5 Å². The third kappa shape index (κ3) is 2.52. The van der Waals surface area contributed by atoms with Crippen LogP contribution in [-0.4, -0.2) is 33.0 Å². The zero-order valence-electron chi connectivity index (χ0n) is 10.4. The molecule has 1 N–H and O–H groups in total. The average Bonchev–Trinajstić information content (AvgIpc) is 2.79. The van der Waals surface area contributed by atoms with E-state index in [1.807, 2.05) is 0 Å². The van der Waals surface area contributed by atoms with Crippen LogP contribution in [0, 0.1) is 6.92 Å². The summed E-state index contributed by atoms with van der Waals surface area (Å²) in [6.07, 6.45) is 0. The summed E-state index contributed by atoms with van der Waals surface area (Å²) in [6, 6.07) is 5.19. The number of rotatable bonds is 3. The number of nitrogens with zero attached hydrogens (tertiary/aromatic N) is 3. The fraction of sp³-hybridized carbons (Fsp3) is 0.250. The number of ether oxygens (including phenoxy) is 1. The first-order chi connectivity index (χ1) is 9.08. The zero-order chi connectivity index (χ0) is 14.0. The van der Waals surface area contributed by atoms with Gasteiger partial charge in [-0.05, 0) is 25.1 Å². The summed E-state index contributed by atoms with van der Waals surface area (Å²) in [4.78, 5) is 11.8. The second-order valence-electron chi connectivity index (χ2n) is 3.81. The van der Waals surface area contributed by atoms with E-state index in [-0.39, 0.29) is 6.61 Å². The number of aliphatic hydroxyl groups excluding tert-OH is 1. The summed E-state index contributed by atoms with van der Waals surface area (Å²) in [6.45, 7) is 1.48. The van der Waals surface area contributed by atoms with Gasteiger partial charge in [0.05, 0.1) is 18.4 Å². The number of halogens is 1. The Balaban J connectivity index is 2.68. The summed E-state index contributed by atoms with van der Waals surface area (Å²) in [5.41, 5.74) is 0.941. The summed E-state index contributed by atoms with van der Waals surface area (Å²) < 4.78 is 7.15. The van der Waals surface area contributed by atoms with Gasteiger partial charge < -0.3 is 9.84 Å². The second kappa shape index (κ2) is 5.50. The number of aromatic nitrogens is 3. The number of aliphatic hydroxyl groups is 1. The van der Waals surface area contributed by atoms with Crippen LogP contribution in [0.3, 0.4) is 0 Å². The molecule has 6 nitrogen and oxygen atoms in total. The van der Waals surface area contributed by atoms with Gasteiger partial charge in [0.25, 0.3) is 0 Å². The smallest absolute Gasteiger partial charge is 0.340 e. The molecule has 0 bridgehead atoms. The van der Waals surface area contributed by atoms with Crippen LogP contribution >= 0.6 is 15.9 Å². The van der Waals surface area contributed by atoms with Crippen LogP contribution < -0.4 is 0 Å². The third-order valence-corrected chi connectivity index (χ3v) is 3.13. The number of benzene rings is 1. The maximum absolute atomic E-state index is 11.8. The Bertz CT molecular complexity index is 625. The summed E-state index contributed by atoms with van der Waals surface area (Å²) in [5, 5.41) is 17.0. The van der Waals surface area contributed by atoms with Gasteiger partial charge in [0.2, 0.25) is 0 Å². The highest BCUT2D eigenvalue weighted by Crippen LogP contribution is 2.23. The van der Waals surface area contributed by atoms with Crippen LogP contribution in [0.4, 0.5) is 0 Å². The minimum atomic E-state index is -0.465. The predicted molar refractivity (Wildman–Crippen MR) is 71.1 cm³/mol. The first-order valence-corrected chi connectivity index (χ1v) is 6.27. The minimum Gasteiger partial charge on any atom is -0.465 e. The minimum absolute atomic E-state index is 0.266. The molecule has 1 aromatic heterocycles. The number of carbonyl (C=O) groups excluding carboxylic acids is 1. The number of hydrogen-bond donors (Lipinski definition) is 1. The van der Waals surface area contributed by atoms with E-state index >= 15 is 0 Å². The fourth-order valence-electron chi connectivity index (χ4n) is 1.80. The van der Waals surface area contributed by atoms with Crippen molar-refractivity contribution in [1.82, 2.24) is 14.8 Å². The van der Waals surface area contributed by atoms with E-state index in [0.29, 0.717) is 22.9 Å². The number of esters is 1. The topological polar surface area (TPSA) is 77.2 Å². The quantitative estimate of drug-likeness (QED) is 0.867. The molecule has 2 aromatic rings. The SMILES string of the molecule is COC(=O)c1cc(Br)ccc1-n1c(C)nnc1CO. The largest absolute Gasteiger partial charge is 0.465 e. The third-order valence-electron chi connectivity index (χ3n) is 2.64. The highest BCUT2D eigenvalue weighted by Gasteiger charge is 2.18. The number of methoxy groups -OCH3 is 1. The van der Waals surface area contributed by atoms with Crippen molar-refractivity contribution in [1.29, 1.82) is 0 Å². The van der Waals surface area contributed by atoms with Gasteiger partial charge in [0, 0.05) is 4.47 Å². The molecule has 0 spiro atoms. The Hall–Kier alpha value is -1.73. The average molecular weight is 326 g/mol. The van der Waals surface area contributed by atoms with Crippen LogP contribution in [0.5, 0.6) is 0 Å². The number of carbonyl (C=O) groups is 1. The molecule has 100 valence electrons. The molecule has 0 saturated heterocycles. The van der Waals surface area contributed by atoms with Gasteiger partial charge in [0.15, 0.2) is 5.82 Å². The molecule has 0 atom stereocenters. The van der Waals surface area contributed by atoms with Crippen molar-refractivity contribution < 1.29 is 14.6 Å². The van der Waals surface area contributed by atoms with Gasteiger partial charge in [-0.25, -0.2) is 4.79 Å². The molecular weight excluding hydrogens is 314 g/mol. The highest BCUT2D eigenvalue weighted by atomic mass is 79.9. The number of aryl methyl sites for hydroxylation is 1. The van der Waals surface area contributed by atoms with Crippen molar-refractivity contribution in [2.75, 3.05) is 7.11 Å². The van der Waals surface area contributed by atoms with E-state index in [1.165, 1.54) is 7.11 Å². The van der Waals surface area contributed by atoms with Gasteiger partial charge in [0.1, 0.15) is 12.4 Å². The molecule has 0 amide bonds. The summed E-state index contributed by atoms with van der Waals surface area (Å²) in [7, 11) is 1.32. The molecular formula is C12H12BrN3O3. The van der Waals surface area contributed by atoms with Crippen LogP contribution in [-0.2, 0) is 11.3 Å². The monoisotopic (exact) mass is 325 g/mol. The van der Waals surface area contributed by atoms with Crippen molar-refractivity contribution in [3.63, 3.8) is 0 Å². The second-order valence-corrected chi connectivity index (χ2v) is 4.73. The van der Waals surface area contributed by atoms with Gasteiger partial charge >= 0.3 is 5.97 Å². The Kier molecular flexibility index (Phi) is 3.96. The molecule has 7 heteroatoms. The van der Waals surface area contributed by atoms with Gasteiger partial charge in [-0.15, -0.1) is 10.2 Å². The molecule has 0 radical (unpaired) electrons. The lowest BCUT2D eigenvalue weighted by Gasteiger charge is -2.12. The first kappa shape index (κ1) is 13.7.